The van der Waals surface area contributed by atoms with E-state index in [1.54, 1.807) is 0 Å². The predicted octanol–water partition coefficient (Wildman–Crippen LogP) is 1.56. The fraction of sp³-hybridized carbons (Fsp3) is 0.357. The summed E-state index contributed by atoms with van der Waals surface area (Å²) in [6.07, 6.45) is 1.00. The lowest BCUT2D eigenvalue weighted by molar-refractivity contribution is -0.147. The van der Waals surface area contributed by atoms with Crippen molar-refractivity contribution in [1.29, 1.82) is 0 Å². The zero-order valence-electron chi connectivity index (χ0n) is 11.0. The zero-order valence-corrected chi connectivity index (χ0v) is 11.0. The molecule has 1 aromatic rings. The third kappa shape index (κ3) is 2.84. The van der Waals surface area contributed by atoms with Gasteiger partial charge < -0.3 is 4.74 Å². The standard InChI is InChI=1S/C14H14FNO4/c1-20-12-6-5-9(15)7-10(12)11(17)8-16-13(18)3-2-4-14(16)19/h5-7H,2-4,8H2,1H3. The molecule has 0 N–H and O–H groups in total. The number of hydrogen-bond acceptors (Lipinski definition) is 4. The number of benzene rings is 1. The summed E-state index contributed by atoms with van der Waals surface area (Å²) >= 11 is 0. The van der Waals surface area contributed by atoms with Gasteiger partial charge in [0.05, 0.1) is 19.2 Å². The van der Waals surface area contributed by atoms with Crippen molar-refractivity contribution in [3.05, 3.63) is 29.6 Å². The minimum absolute atomic E-state index is 0.0265. The molecule has 1 fully saturated rings. The molecule has 0 unspecified atom stereocenters. The third-order valence-corrected chi connectivity index (χ3v) is 3.15. The first-order valence-electron chi connectivity index (χ1n) is 6.23. The number of methoxy groups -OCH3 is 1. The molecule has 1 aliphatic rings. The van der Waals surface area contributed by atoms with Crippen LogP contribution in [0.1, 0.15) is 29.6 Å². The smallest absolute Gasteiger partial charge is 0.229 e. The average molecular weight is 279 g/mol. The molecule has 1 heterocycles. The Morgan fingerprint density at radius 3 is 2.55 bits per heavy atom. The van der Waals surface area contributed by atoms with Crippen LogP contribution in [0.3, 0.4) is 0 Å². The Hall–Kier alpha value is -2.24. The van der Waals surface area contributed by atoms with Crippen molar-refractivity contribution >= 4 is 17.6 Å². The fourth-order valence-electron chi connectivity index (χ4n) is 2.10. The second kappa shape index (κ2) is 5.81. The summed E-state index contributed by atoms with van der Waals surface area (Å²) in [6.45, 7) is -0.378. The summed E-state index contributed by atoms with van der Waals surface area (Å²) in [5.41, 5.74) is 0.0265. The third-order valence-electron chi connectivity index (χ3n) is 3.15. The van der Waals surface area contributed by atoms with Crippen LogP contribution >= 0.6 is 0 Å². The van der Waals surface area contributed by atoms with Crippen LogP contribution in [0, 0.1) is 5.82 Å². The highest BCUT2D eigenvalue weighted by Gasteiger charge is 2.28. The van der Waals surface area contributed by atoms with E-state index in [-0.39, 0.29) is 42.5 Å². The molecule has 5 nitrogen and oxygen atoms in total. The van der Waals surface area contributed by atoms with E-state index in [2.05, 4.69) is 0 Å². The minimum Gasteiger partial charge on any atom is -0.496 e. The van der Waals surface area contributed by atoms with Gasteiger partial charge in [0.15, 0.2) is 5.78 Å². The van der Waals surface area contributed by atoms with Gasteiger partial charge in [0.1, 0.15) is 11.6 Å². The van der Waals surface area contributed by atoms with Gasteiger partial charge in [0, 0.05) is 12.8 Å². The first-order chi connectivity index (χ1) is 9.52. The van der Waals surface area contributed by atoms with E-state index in [0.717, 1.165) is 11.0 Å². The normalized spacial score (nSPS) is 15.4. The van der Waals surface area contributed by atoms with E-state index in [0.29, 0.717) is 6.42 Å². The molecule has 0 radical (unpaired) electrons. The topological polar surface area (TPSA) is 63.7 Å². The summed E-state index contributed by atoms with van der Waals surface area (Å²) in [5, 5.41) is 0. The van der Waals surface area contributed by atoms with Crippen LogP contribution in [0.15, 0.2) is 18.2 Å². The molecular weight excluding hydrogens is 265 g/mol. The van der Waals surface area contributed by atoms with Crippen molar-refractivity contribution in [2.45, 2.75) is 19.3 Å². The Morgan fingerprint density at radius 1 is 1.30 bits per heavy atom. The van der Waals surface area contributed by atoms with Gasteiger partial charge in [-0.05, 0) is 24.6 Å². The molecule has 1 aliphatic heterocycles. The van der Waals surface area contributed by atoms with Gasteiger partial charge in [-0.15, -0.1) is 0 Å². The van der Waals surface area contributed by atoms with Crippen LogP contribution in [0.4, 0.5) is 4.39 Å². The molecule has 0 spiro atoms. The number of likely N-dealkylation sites (tertiary alicyclic amines) is 1. The second-order valence-corrected chi connectivity index (χ2v) is 4.49. The first kappa shape index (κ1) is 14.2. The maximum atomic E-state index is 13.2. The lowest BCUT2D eigenvalue weighted by atomic mass is 10.1. The number of rotatable bonds is 4. The number of Topliss-reactive ketones (excluding diaryl/α,β-unsaturated/α-hetero) is 1. The number of amides is 2. The van der Waals surface area contributed by atoms with E-state index in [4.69, 9.17) is 4.74 Å². The van der Waals surface area contributed by atoms with E-state index in [9.17, 15) is 18.8 Å². The van der Waals surface area contributed by atoms with Crippen molar-refractivity contribution < 1.29 is 23.5 Å². The Balaban J connectivity index is 2.21. The van der Waals surface area contributed by atoms with Gasteiger partial charge in [-0.2, -0.15) is 0 Å². The highest BCUT2D eigenvalue weighted by atomic mass is 19.1. The maximum Gasteiger partial charge on any atom is 0.229 e. The number of nitrogens with zero attached hydrogens (tertiary/aromatic N) is 1. The number of hydrogen-bond donors (Lipinski definition) is 0. The molecule has 2 amide bonds. The summed E-state index contributed by atoms with van der Waals surface area (Å²) in [7, 11) is 1.36. The summed E-state index contributed by atoms with van der Waals surface area (Å²) in [4.78, 5) is 36.4. The molecule has 0 saturated carbocycles. The van der Waals surface area contributed by atoms with Gasteiger partial charge >= 0.3 is 0 Å². The quantitative estimate of drug-likeness (QED) is 0.619. The number of ketones is 1. The van der Waals surface area contributed by atoms with Crippen molar-refractivity contribution in [2.24, 2.45) is 0 Å². The average Bonchev–Trinajstić information content (AvgIpc) is 2.43. The molecule has 2 rings (SSSR count). The predicted molar refractivity (Wildman–Crippen MR) is 67.9 cm³/mol. The van der Waals surface area contributed by atoms with Crippen molar-refractivity contribution in [1.82, 2.24) is 4.90 Å². The van der Waals surface area contributed by atoms with E-state index in [1.807, 2.05) is 0 Å². The Kier molecular flexibility index (Phi) is 4.12. The number of carbonyl (C=O) groups is 3. The number of halogens is 1. The molecule has 1 saturated heterocycles. The first-order valence-corrected chi connectivity index (χ1v) is 6.23. The lowest BCUT2D eigenvalue weighted by Gasteiger charge is -2.24. The van der Waals surface area contributed by atoms with Crippen molar-refractivity contribution in [3.63, 3.8) is 0 Å². The van der Waals surface area contributed by atoms with Crippen molar-refractivity contribution in [2.75, 3.05) is 13.7 Å². The van der Waals surface area contributed by atoms with Gasteiger partial charge in [-0.3, -0.25) is 19.3 Å². The number of ether oxygens (including phenoxy) is 1. The number of imide groups is 1. The van der Waals surface area contributed by atoms with Gasteiger partial charge in [0.2, 0.25) is 11.8 Å². The van der Waals surface area contributed by atoms with Gasteiger partial charge in [-0.1, -0.05) is 0 Å². The number of piperidine rings is 1. The molecule has 0 aromatic heterocycles. The van der Waals surface area contributed by atoms with Crippen LogP contribution in [-0.4, -0.2) is 36.2 Å². The molecule has 1 aromatic carbocycles. The molecular formula is C14H14FNO4. The molecule has 0 aliphatic carbocycles. The van der Waals surface area contributed by atoms with E-state index < -0.39 is 11.6 Å². The molecule has 6 heteroatoms. The fourth-order valence-corrected chi connectivity index (χ4v) is 2.10. The summed E-state index contributed by atoms with van der Waals surface area (Å²) < 4.78 is 18.2. The van der Waals surface area contributed by atoms with Crippen molar-refractivity contribution in [3.8, 4) is 5.75 Å². The zero-order chi connectivity index (χ0) is 14.7. The maximum absolute atomic E-state index is 13.2. The van der Waals surface area contributed by atoms with E-state index in [1.165, 1.54) is 19.2 Å². The van der Waals surface area contributed by atoms with E-state index >= 15 is 0 Å². The van der Waals surface area contributed by atoms with Crippen LogP contribution in [0.2, 0.25) is 0 Å². The van der Waals surface area contributed by atoms with Gasteiger partial charge in [-0.25, -0.2) is 4.39 Å². The monoisotopic (exact) mass is 279 g/mol. The molecule has 20 heavy (non-hydrogen) atoms. The molecule has 0 atom stereocenters. The largest absolute Gasteiger partial charge is 0.496 e. The highest BCUT2D eigenvalue weighted by Crippen LogP contribution is 2.21. The van der Waals surface area contributed by atoms with Crippen LogP contribution in [0.5, 0.6) is 5.75 Å². The van der Waals surface area contributed by atoms with Crippen LogP contribution in [-0.2, 0) is 9.59 Å². The second-order valence-electron chi connectivity index (χ2n) is 4.49. The summed E-state index contributed by atoms with van der Waals surface area (Å²) in [5.74, 6) is -1.63. The highest BCUT2D eigenvalue weighted by molar-refractivity contribution is 6.06. The minimum atomic E-state index is -0.578. The Bertz CT molecular complexity index is 554. The molecule has 0 bridgehead atoms. The number of carbonyl (C=O) groups excluding carboxylic acids is 3. The van der Waals surface area contributed by atoms with Crippen LogP contribution in [0.25, 0.3) is 0 Å². The van der Waals surface area contributed by atoms with Crippen LogP contribution < -0.4 is 4.74 Å². The lowest BCUT2D eigenvalue weighted by Crippen LogP contribution is -2.43. The molecule has 106 valence electrons. The Labute approximate surface area is 115 Å². The Morgan fingerprint density at radius 2 is 1.95 bits per heavy atom. The summed E-state index contributed by atoms with van der Waals surface area (Å²) in [6, 6.07) is 3.55. The SMILES string of the molecule is COc1ccc(F)cc1C(=O)CN1C(=O)CCCC1=O. The van der Waals surface area contributed by atoms with Gasteiger partial charge in [0.25, 0.3) is 0 Å².